The van der Waals surface area contributed by atoms with Crippen LogP contribution in [0, 0.1) is 5.92 Å². The Bertz CT molecular complexity index is 1210. The maximum Gasteiger partial charge on any atom is 0.306 e. The second-order valence-corrected chi connectivity index (χ2v) is 16.9. The van der Waals surface area contributed by atoms with Crippen molar-refractivity contribution in [3.8, 4) is 11.5 Å². The molecule has 2 aromatic rings. The minimum Gasteiger partial charge on any atom is -0.481 e. The Morgan fingerprint density at radius 3 is 1.22 bits per heavy atom. The molecular weight excluding hydrogens is 677 g/mol. The van der Waals surface area contributed by atoms with Crippen LogP contribution in [0.2, 0.25) is 0 Å². The number of nitrogens with zero attached hydrogens (tertiary/aromatic N) is 2. The highest BCUT2D eigenvalue weighted by Crippen LogP contribution is 2.49. The van der Waals surface area contributed by atoms with Crippen LogP contribution in [0.3, 0.4) is 0 Å². The van der Waals surface area contributed by atoms with Gasteiger partial charge in [0.15, 0.2) is 0 Å². The fraction of sp³-hybridized carbons (Fsp3) is 0.740. The molecule has 5 heteroatoms. The number of unbranched alkanes of at least 4 members (excludes halogenated alkanes) is 19. The maximum absolute atomic E-state index is 12.8. The lowest BCUT2D eigenvalue weighted by Crippen LogP contribution is -2.26. The monoisotopic (exact) mass is 761 g/mol. The van der Waals surface area contributed by atoms with Crippen molar-refractivity contribution < 1.29 is 14.6 Å². The van der Waals surface area contributed by atoms with Crippen molar-refractivity contribution >= 4 is 17.3 Å². The van der Waals surface area contributed by atoms with Crippen LogP contribution in [0.25, 0.3) is 0 Å². The van der Waals surface area contributed by atoms with E-state index in [-0.39, 0.29) is 11.8 Å². The van der Waals surface area contributed by atoms with E-state index in [9.17, 15) is 9.90 Å². The van der Waals surface area contributed by atoms with Crippen LogP contribution in [0.5, 0.6) is 11.5 Å². The van der Waals surface area contributed by atoms with Gasteiger partial charge >= 0.3 is 5.97 Å². The Balaban J connectivity index is 1.65. The van der Waals surface area contributed by atoms with E-state index in [1.54, 1.807) is 0 Å². The minimum atomic E-state index is -0.653. The summed E-state index contributed by atoms with van der Waals surface area (Å²) in [5.41, 5.74) is 4.72. The zero-order chi connectivity index (χ0) is 39.5. The van der Waals surface area contributed by atoms with Crippen LogP contribution >= 0.6 is 0 Å². The first-order valence-electron chi connectivity index (χ1n) is 23.7. The Labute approximate surface area is 339 Å². The lowest BCUT2D eigenvalue weighted by atomic mass is 9.79. The van der Waals surface area contributed by atoms with E-state index < -0.39 is 5.97 Å². The van der Waals surface area contributed by atoms with Crippen LogP contribution in [0.15, 0.2) is 36.4 Å². The molecule has 1 heterocycles. The van der Waals surface area contributed by atoms with Gasteiger partial charge in [-0.25, -0.2) is 0 Å². The van der Waals surface area contributed by atoms with E-state index in [1.807, 2.05) is 0 Å². The summed E-state index contributed by atoms with van der Waals surface area (Å²) >= 11 is 0. The van der Waals surface area contributed by atoms with Gasteiger partial charge in [-0.1, -0.05) is 175 Å². The molecule has 55 heavy (non-hydrogen) atoms. The summed E-state index contributed by atoms with van der Waals surface area (Å²) in [6.45, 7) is 15.5. The van der Waals surface area contributed by atoms with Crippen LogP contribution in [0.1, 0.15) is 219 Å². The Morgan fingerprint density at radius 1 is 0.527 bits per heavy atom. The van der Waals surface area contributed by atoms with Gasteiger partial charge in [0.25, 0.3) is 0 Å². The largest absolute Gasteiger partial charge is 0.481 e. The molecule has 0 aliphatic carbocycles. The summed E-state index contributed by atoms with van der Waals surface area (Å²) in [4.78, 5) is 17.9. The fourth-order valence-corrected chi connectivity index (χ4v) is 8.43. The highest BCUT2D eigenvalue weighted by Gasteiger charge is 2.33. The fourth-order valence-electron chi connectivity index (χ4n) is 8.43. The van der Waals surface area contributed by atoms with Gasteiger partial charge in [-0.2, -0.15) is 0 Å². The molecule has 0 spiro atoms. The molecule has 0 amide bonds. The van der Waals surface area contributed by atoms with Gasteiger partial charge in [-0.15, -0.1) is 0 Å². The second-order valence-electron chi connectivity index (χ2n) is 16.9. The number of carbonyl (C=O) groups is 1. The maximum atomic E-state index is 12.8. The number of benzene rings is 2. The Kier molecular flexibility index (Phi) is 24.3. The van der Waals surface area contributed by atoms with E-state index in [0.717, 1.165) is 68.1 Å². The zero-order valence-electron chi connectivity index (χ0n) is 36.5. The van der Waals surface area contributed by atoms with Crippen LogP contribution in [0.4, 0.5) is 11.4 Å². The molecule has 2 aromatic carbocycles. The van der Waals surface area contributed by atoms with Crippen molar-refractivity contribution in [2.45, 2.75) is 207 Å². The van der Waals surface area contributed by atoms with Gasteiger partial charge in [0.05, 0.1) is 5.92 Å². The zero-order valence-corrected chi connectivity index (χ0v) is 36.5. The third-order valence-corrected chi connectivity index (χ3v) is 12.1. The summed E-state index contributed by atoms with van der Waals surface area (Å²) < 4.78 is 6.84. The van der Waals surface area contributed by atoms with Gasteiger partial charge in [0.1, 0.15) is 11.5 Å². The molecule has 1 aliphatic rings. The molecule has 0 radical (unpaired) electrons. The Hall–Kier alpha value is -2.69. The number of carboxylic acid groups (broad SMARTS) is 1. The molecule has 1 aliphatic heterocycles. The molecule has 1 unspecified atom stereocenters. The van der Waals surface area contributed by atoms with E-state index in [1.165, 1.54) is 153 Å². The first-order valence-corrected chi connectivity index (χ1v) is 23.7. The molecule has 3 rings (SSSR count). The molecule has 312 valence electrons. The summed E-state index contributed by atoms with van der Waals surface area (Å²) in [6.07, 6.45) is 32.0. The average molecular weight is 761 g/mol. The summed E-state index contributed by atoms with van der Waals surface area (Å²) in [5, 5.41) is 10.5. The number of rotatable bonds is 34. The minimum absolute atomic E-state index is 0.00322. The van der Waals surface area contributed by atoms with Crippen LogP contribution in [-0.4, -0.2) is 37.3 Å². The smallest absolute Gasteiger partial charge is 0.306 e. The molecule has 0 saturated heterocycles. The lowest BCUT2D eigenvalue weighted by molar-refractivity contribution is -0.142. The first kappa shape index (κ1) is 46.7. The summed E-state index contributed by atoms with van der Waals surface area (Å²) in [5.74, 6) is 0.796. The van der Waals surface area contributed by atoms with Crippen molar-refractivity contribution in [2.75, 3.05) is 36.0 Å². The summed E-state index contributed by atoms with van der Waals surface area (Å²) in [7, 11) is 0. The van der Waals surface area contributed by atoms with Gasteiger partial charge in [0.2, 0.25) is 0 Å². The van der Waals surface area contributed by atoms with Crippen molar-refractivity contribution in [3.63, 3.8) is 0 Å². The van der Waals surface area contributed by atoms with Crippen molar-refractivity contribution in [3.05, 3.63) is 47.5 Å². The van der Waals surface area contributed by atoms with Crippen molar-refractivity contribution in [2.24, 2.45) is 5.92 Å². The quantitative estimate of drug-likeness (QED) is 0.0720. The number of ether oxygens (including phenoxy) is 1. The first-order chi connectivity index (χ1) is 27.0. The van der Waals surface area contributed by atoms with E-state index in [0.29, 0.717) is 6.42 Å². The predicted molar refractivity (Wildman–Crippen MR) is 239 cm³/mol. The highest BCUT2D eigenvalue weighted by atomic mass is 16.5. The molecule has 1 atom stereocenters. The SMILES string of the molecule is CCCCCCCCCCCCCCCCCCC(CC1c2ccc(N(CCCC)CCCC)cc2Oc2cc(N(CCCC)CCCC)ccc21)C(=O)O. The number of fused-ring (bicyclic) bond motifs is 2. The van der Waals surface area contributed by atoms with Crippen molar-refractivity contribution in [1.29, 1.82) is 0 Å². The van der Waals surface area contributed by atoms with Gasteiger partial charge < -0.3 is 19.6 Å². The number of aliphatic carboxylic acids is 1. The van der Waals surface area contributed by atoms with Gasteiger partial charge in [-0.3, -0.25) is 4.79 Å². The van der Waals surface area contributed by atoms with Gasteiger partial charge in [-0.05, 0) is 50.7 Å². The Morgan fingerprint density at radius 2 is 0.873 bits per heavy atom. The van der Waals surface area contributed by atoms with E-state index in [2.05, 4.69) is 80.8 Å². The second kappa shape index (κ2) is 28.7. The molecule has 0 bridgehead atoms. The normalized spacial score (nSPS) is 13.0. The number of anilines is 2. The molecular formula is C50H84N2O3. The van der Waals surface area contributed by atoms with E-state index in [4.69, 9.17) is 4.74 Å². The van der Waals surface area contributed by atoms with Crippen LogP contribution < -0.4 is 14.5 Å². The highest BCUT2D eigenvalue weighted by molar-refractivity contribution is 5.71. The van der Waals surface area contributed by atoms with Gasteiger partial charge in [0, 0.05) is 66.7 Å². The molecule has 0 fully saturated rings. The number of carboxylic acids is 1. The molecule has 0 aromatic heterocycles. The standard InChI is InChI=1S/C50H84N2O3/c1-6-11-16-17-18-19-20-21-22-23-24-25-26-27-28-29-30-42(50(53)54)39-47-45-33-31-43(51(35-12-7-2)36-13-8-3)40-48(45)55-49-41-44(32-34-46(47)49)52(37-14-9-4)38-15-10-5/h31-34,40-42,47H,6-30,35-39H2,1-5H3,(H,53,54). The topological polar surface area (TPSA) is 53.0 Å². The van der Waals surface area contributed by atoms with E-state index >= 15 is 0 Å². The molecule has 0 saturated carbocycles. The average Bonchev–Trinajstić information content (AvgIpc) is 3.19. The third kappa shape index (κ3) is 17.1. The predicted octanol–water partition coefficient (Wildman–Crippen LogP) is 15.5. The summed E-state index contributed by atoms with van der Waals surface area (Å²) in [6, 6.07) is 13.5. The third-order valence-electron chi connectivity index (χ3n) is 12.1. The van der Waals surface area contributed by atoms with Crippen molar-refractivity contribution in [1.82, 2.24) is 0 Å². The van der Waals surface area contributed by atoms with Crippen LogP contribution in [-0.2, 0) is 4.79 Å². The molecule has 5 nitrogen and oxygen atoms in total. The number of hydrogen-bond donors (Lipinski definition) is 1. The molecule has 1 N–H and O–H groups in total. The lowest BCUT2D eigenvalue weighted by Gasteiger charge is -2.33. The number of hydrogen-bond acceptors (Lipinski definition) is 4.